The van der Waals surface area contributed by atoms with E-state index in [0.717, 1.165) is 5.69 Å². The van der Waals surface area contributed by atoms with E-state index in [-0.39, 0.29) is 10.5 Å². The van der Waals surface area contributed by atoms with Crippen LogP contribution in [0.4, 0.5) is 5.69 Å². The molecule has 0 fully saturated rings. The van der Waals surface area contributed by atoms with Crippen molar-refractivity contribution in [3.63, 3.8) is 0 Å². The van der Waals surface area contributed by atoms with Crippen molar-refractivity contribution in [2.75, 3.05) is 11.8 Å². The highest BCUT2D eigenvalue weighted by atomic mass is 32.2. The van der Waals surface area contributed by atoms with E-state index in [9.17, 15) is 13.2 Å². The van der Waals surface area contributed by atoms with Crippen LogP contribution in [0.15, 0.2) is 65.8 Å². The topological polar surface area (TPSA) is 90.3 Å². The van der Waals surface area contributed by atoms with Gasteiger partial charge in [0.15, 0.2) is 0 Å². The minimum absolute atomic E-state index is 0.0178. The van der Waals surface area contributed by atoms with Crippen molar-refractivity contribution in [2.24, 2.45) is 0 Å². The number of carbonyl (C=O) groups excluding carboxylic acids is 1. The van der Waals surface area contributed by atoms with Gasteiger partial charge < -0.3 is 4.74 Å². The van der Waals surface area contributed by atoms with Crippen LogP contribution >= 0.6 is 0 Å². The van der Waals surface area contributed by atoms with Crippen molar-refractivity contribution in [3.8, 4) is 5.69 Å². The average molecular weight is 371 g/mol. The molecule has 0 aliphatic rings. The number of nitrogens with zero attached hydrogens (tertiary/aromatic N) is 2. The van der Waals surface area contributed by atoms with Gasteiger partial charge in [0, 0.05) is 0 Å². The standard InChI is InChI=1S/C18H17N3O4S/c1-13-8-9-14(18(22)25-2)10-17(13)20-26(23,24)16-11-19-21(12-16)15-6-4-3-5-7-15/h3-12,20H,1-2H3. The molecule has 0 radical (unpaired) electrons. The molecule has 0 unspecified atom stereocenters. The zero-order valence-electron chi connectivity index (χ0n) is 14.2. The number of carbonyl (C=O) groups is 1. The molecule has 8 heteroatoms. The Kier molecular flexibility index (Phi) is 4.77. The zero-order chi connectivity index (χ0) is 18.7. The van der Waals surface area contributed by atoms with Crippen molar-refractivity contribution >= 4 is 21.7 Å². The van der Waals surface area contributed by atoms with E-state index in [0.29, 0.717) is 11.3 Å². The third-order valence-electron chi connectivity index (χ3n) is 3.79. The molecule has 0 atom stereocenters. The van der Waals surface area contributed by atoms with Gasteiger partial charge in [-0.3, -0.25) is 4.72 Å². The second-order valence-electron chi connectivity index (χ2n) is 5.58. The molecular weight excluding hydrogens is 354 g/mol. The van der Waals surface area contributed by atoms with Crippen molar-refractivity contribution in [3.05, 3.63) is 72.1 Å². The molecule has 0 saturated heterocycles. The number of hydrogen-bond donors (Lipinski definition) is 1. The lowest BCUT2D eigenvalue weighted by Crippen LogP contribution is -2.14. The lowest BCUT2D eigenvalue weighted by Gasteiger charge is -2.10. The molecule has 134 valence electrons. The number of aryl methyl sites for hydroxylation is 1. The highest BCUT2D eigenvalue weighted by Crippen LogP contribution is 2.22. The quantitative estimate of drug-likeness (QED) is 0.697. The maximum Gasteiger partial charge on any atom is 0.337 e. The molecule has 1 heterocycles. The predicted octanol–water partition coefficient (Wildman–Crippen LogP) is 2.77. The van der Waals surface area contributed by atoms with Crippen LogP contribution in [0, 0.1) is 6.92 Å². The summed E-state index contributed by atoms with van der Waals surface area (Å²) in [5.74, 6) is -0.539. The Morgan fingerprint density at radius 1 is 1.15 bits per heavy atom. The van der Waals surface area contributed by atoms with Crippen LogP contribution in [0.5, 0.6) is 0 Å². The number of rotatable bonds is 5. The van der Waals surface area contributed by atoms with Crippen LogP contribution in [0.1, 0.15) is 15.9 Å². The van der Waals surface area contributed by atoms with E-state index in [2.05, 4.69) is 14.6 Å². The molecule has 26 heavy (non-hydrogen) atoms. The number of nitrogens with one attached hydrogen (secondary N) is 1. The molecular formula is C18H17N3O4S. The molecule has 0 bridgehead atoms. The first kappa shape index (κ1) is 17.7. The molecule has 0 spiro atoms. The lowest BCUT2D eigenvalue weighted by atomic mass is 10.1. The Morgan fingerprint density at radius 3 is 2.58 bits per heavy atom. The molecule has 7 nitrogen and oxygen atoms in total. The molecule has 0 saturated carbocycles. The number of esters is 1. The van der Waals surface area contributed by atoms with Crippen LogP contribution < -0.4 is 4.72 Å². The normalized spacial score (nSPS) is 11.2. The summed E-state index contributed by atoms with van der Waals surface area (Å²) in [6.45, 7) is 1.74. The number of aromatic nitrogens is 2. The van der Waals surface area contributed by atoms with Gasteiger partial charge in [-0.1, -0.05) is 24.3 Å². The summed E-state index contributed by atoms with van der Waals surface area (Å²) in [4.78, 5) is 11.7. The summed E-state index contributed by atoms with van der Waals surface area (Å²) < 4.78 is 34.0. The van der Waals surface area contributed by atoms with E-state index in [1.54, 1.807) is 19.1 Å². The van der Waals surface area contributed by atoms with Gasteiger partial charge in [0.2, 0.25) is 0 Å². The molecule has 3 aromatic rings. The van der Waals surface area contributed by atoms with E-state index < -0.39 is 16.0 Å². The van der Waals surface area contributed by atoms with Gasteiger partial charge >= 0.3 is 5.97 Å². The Balaban J connectivity index is 1.91. The second-order valence-corrected chi connectivity index (χ2v) is 7.27. The Labute approximate surface area is 151 Å². The number of hydrogen-bond acceptors (Lipinski definition) is 5. The highest BCUT2D eigenvalue weighted by molar-refractivity contribution is 7.92. The van der Waals surface area contributed by atoms with E-state index in [4.69, 9.17) is 0 Å². The number of para-hydroxylation sites is 1. The molecule has 1 aromatic heterocycles. The van der Waals surface area contributed by atoms with E-state index >= 15 is 0 Å². The number of benzene rings is 2. The third-order valence-corrected chi connectivity index (χ3v) is 5.11. The average Bonchev–Trinajstić information content (AvgIpc) is 3.14. The summed E-state index contributed by atoms with van der Waals surface area (Å²) >= 11 is 0. The summed E-state index contributed by atoms with van der Waals surface area (Å²) in [6, 6.07) is 13.9. The minimum atomic E-state index is -3.86. The Hall–Kier alpha value is -3.13. The van der Waals surface area contributed by atoms with Crippen LogP contribution in [-0.2, 0) is 14.8 Å². The van der Waals surface area contributed by atoms with Gasteiger partial charge in [-0.05, 0) is 36.8 Å². The Bertz CT molecular complexity index is 1040. The fraction of sp³-hybridized carbons (Fsp3) is 0.111. The Morgan fingerprint density at radius 2 is 1.88 bits per heavy atom. The molecule has 0 aliphatic heterocycles. The van der Waals surface area contributed by atoms with Crippen LogP contribution in [-0.4, -0.2) is 31.3 Å². The lowest BCUT2D eigenvalue weighted by molar-refractivity contribution is 0.0601. The molecule has 1 N–H and O–H groups in total. The number of anilines is 1. The van der Waals surface area contributed by atoms with Crippen molar-refractivity contribution in [1.29, 1.82) is 0 Å². The first-order valence-electron chi connectivity index (χ1n) is 7.72. The SMILES string of the molecule is COC(=O)c1ccc(C)c(NS(=O)(=O)c2cnn(-c3ccccc3)c2)c1. The largest absolute Gasteiger partial charge is 0.465 e. The predicted molar refractivity (Wildman–Crippen MR) is 96.9 cm³/mol. The van der Waals surface area contributed by atoms with Gasteiger partial charge in [0.1, 0.15) is 4.90 Å². The van der Waals surface area contributed by atoms with Gasteiger partial charge in [0.05, 0.1) is 36.4 Å². The smallest absolute Gasteiger partial charge is 0.337 e. The van der Waals surface area contributed by atoms with Crippen LogP contribution in [0.2, 0.25) is 0 Å². The van der Waals surface area contributed by atoms with Crippen LogP contribution in [0.25, 0.3) is 5.69 Å². The van der Waals surface area contributed by atoms with Gasteiger partial charge in [-0.15, -0.1) is 0 Å². The number of sulfonamides is 1. The van der Waals surface area contributed by atoms with Gasteiger partial charge in [-0.25, -0.2) is 17.9 Å². The van der Waals surface area contributed by atoms with Crippen molar-refractivity contribution < 1.29 is 17.9 Å². The monoisotopic (exact) mass is 371 g/mol. The molecule has 2 aromatic carbocycles. The zero-order valence-corrected chi connectivity index (χ0v) is 15.0. The maximum absolute atomic E-state index is 12.7. The fourth-order valence-electron chi connectivity index (χ4n) is 2.35. The van der Waals surface area contributed by atoms with Gasteiger partial charge in [0.25, 0.3) is 10.0 Å². The summed E-state index contributed by atoms with van der Waals surface area (Å²) in [7, 11) is -2.59. The van der Waals surface area contributed by atoms with Crippen molar-refractivity contribution in [2.45, 2.75) is 11.8 Å². The first-order valence-corrected chi connectivity index (χ1v) is 9.21. The third kappa shape index (κ3) is 3.60. The molecule has 0 amide bonds. The summed E-state index contributed by atoms with van der Waals surface area (Å²) in [5, 5.41) is 4.10. The van der Waals surface area contributed by atoms with Crippen molar-refractivity contribution in [1.82, 2.24) is 9.78 Å². The molecule has 3 rings (SSSR count). The van der Waals surface area contributed by atoms with Gasteiger partial charge in [-0.2, -0.15) is 5.10 Å². The minimum Gasteiger partial charge on any atom is -0.465 e. The maximum atomic E-state index is 12.7. The number of ether oxygens (including phenoxy) is 1. The first-order chi connectivity index (χ1) is 12.4. The summed E-state index contributed by atoms with van der Waals surface area (Å²) in [6.07, 6.45) is 2.70. The van der Waals surface area contributed by atoms with E-state index in [1.807, 2.05) is 30.3 Å². The number of methoxy groups -OCH3 is 1. The van der Waals surface area contributed by atoms with Crippen LogP contribution in [0.3, 0.4) is 0 Å². The summed E-state index contributed by atoms with van der Waals surface area (Å²) in [5.41, 5.74) is 1.99. The highest BCUT2D eigenvalue weighted by Gasteiger charge is 2.19. The fourth-order valence-corrected chi connectivity index (χ4v) is 3.40. The second kappa shape index (κ2) is 7.01. The van der Waals surface area contributed by atoms with E-state index in [1.165, 1.54) is 30.3 Å². The molecule has 0 aliphatic carbocycles.